The summed E-state index contributed by atoms with van der Waals surface area (Å²) in [5.74, 6) is -1.18. The molecule has 32 heavy (non-hydrogen) atoms. The van der Waals surface area contributed by atoms with Gasteiger partial charge in [-0.05, 0) is 48.4 Å². The van der Waals surface area contributed by atoms with E-state index < -0.39 is 18.4 Å². The number of aliphatic carboxylic acids is 1. The van der Waals surface area contributed by atoms with Gasteiger partial charge in [0.15, 0.2) is 18.1 Å². The zero-order valence-corrected chi connectivity index (χ0v) is 18.9. The molecule has 1 aliphatic rings. The first kappa shape index (κ1) is 23.3. The third kappa shape index (κ3) is 5.86. The normalized spacial score (nSPS) is 14.6. The van der Waals surface area contributed by atoms with Crippen molar-refractivity contribution in [2.45, 2.75) is 6.92 Å². The molecule has 0 bridgehead atoms. The molecule has 2 N–H and O–H groups in total. The summed E-state index contributed by atoms with van der Waals surface area (Å²) in [7, 11) is 1.46. The van der Waals surface area contributed by atoms with Crippen LogP contribution in [-0.2, 0) is 14.4 Å². The summed E-state index contributed by atoms with van der Waals surface area (Å²) in [5, 5.41) is 11.7. The molecule has 0 radical (unpaired) electrons. The summed E-state index contributed by atoms with van der Waals surface area (Å²) in [6.45, 7) is 1.24. The summed E-state index contributed by atoms with van der Waals surface area (Å²) >= 11 is 6.13. The molecule has 1 aliphatic heterocycles. The van der Waals surface area contributed by atoms with Gasteiger partial charge in [-0.1, -0.05) is 42.2 Å². The molecule has 0 spiro atoms. The van der Waals surface area contributed by atoms with Gasteiger partial charge in [-0.25, -0.2) is 0 Å². The van der Waals surface area contributed by atoms with Gasteiger partial charge >= 0.3 is 5.97 Å². The van der Waals surface area contributed by atoms with E-state index in [4.69, 9.17) is 26.8 Å². The van der Waals surface area contributed by atoms with E-state index in [9.17, 15) is 14.4 Å². The molecule has 0 atom stereocenters. The van der Waals surface area contributed by atoms with Gasteiger partial charge in [-0.15, -0.1) is 0 Å². The van der Waals surface area contributed by atoms with Crippen LogP contribution in [0.25, 0.3) is 6.08 Å². The van der Waals surface area contributed by atoms with Crippen molar-refractivity contribution in [1.29, 1.82) is 0 Å². The van der Waals surface area contributed by atoms with Gasteiger partial charge in [0, 0.05) is 5.69 Å². The molecule has 0 saturated carbocycles. The van der Waals surface area contributed by atoms with Crippen LogP contribution < -0.4 is 14.8 Å². The average molecular weight is 473 g/mol. The molecule has 2 aromatic rings. The summed E-state index contributed by atoms with van der Waals surface area (Å²) in [6.07, 6.45) is 1.60. The average Bonchev–Trinajstić information content (AvgIpc) is 2.99. The molecule has 8 nitrogen and oxygen atoms in total. The second-order valence-corrected chi connectivity index (χ2v) is 8.45. The van der Waals surface area contributed by atoms with Gasteiger partial charge in [0.1, 0.15) is 10.9 Å². The number of carboxylic acids is 1. The Balaban J connectivity index is 1.67. The number of aryl methyl sites for hydroxylation is 1. The van der Waals surface area contributed by atoms with E-state index in [1.165, 1.54) is 7.11 Å². The highest BCUT2D eigenvalue weighted by Gasteiger charge is 2.33. The van der Waals surface area contributed by atoms with Crippen molar-refractivity contribution in [3.63, 3.8) is 0 Å². The van der Waals surface area contributed by atoms with Gasteiger partial charge in [-0.3, -0.25) is 19.3 Å². The molecule has 1 fully saturated rings. The first-order valence-electron chi connectivity index (χ1n) is 9.41. The quantitative estimate of drug-likeness (QED) is 0.445. The van der Waals surface area contributed by atoms with Crippen molar-refractivity contribution < 1.29 is 29.0 Å². The smallest absolute Gasteiger partial charge is 0.323 e. The van der Waals surface area contributed by atoms with Crippen LogP contribution >= 0.6 is 24.0 Å². The minimum Gasteiger partial charge on any atom is -0.493 e. The molecule has 166 valence electrons. The van der Waals surface area contributed by atoms with Crippen LogP contribution in [0, 0.1) is 6.92 Å². The molecule has 2 aromatic carbocycles. The van der Waals surface area contributed by atoms with E-state index in [0.717, 1.165) is 22.2 Å². The third-order valence-electron chi connectivity index (χ3n) is 4.31. The van der Waals surface area contributed by atoms with Crippen LogP contribution in [0.5, 0.6) is 11.5 Å². The number of nitrogens with zero attached hydrogens (tertiary/aromatic N) is 1. The number of thioether (sulfide) groups is 1. The number of ether oxygens (including phenoxy) is 2. The molecule has 1 heterocycles. The van der Waals surface area contributed by atoms with Crippen LogP contribution in [0.4, 0.5) is 5.69 Å². The first-order chi connectivity index (χ1) is 15.3. The maximum atomic E-state index is 12.4. The fourth-order valence-electron chi connectivity index (χ4n) is 2.88. The van der Waals surface area contributed by atoms with E-state index in [1.54, 1.807) is 30.3 Å². The molecule has 1 saturated heterocycles. The Kier molecular flexibility index (Phi) is 7.49. The van der Waals surface area contributed by atoms with Gasteiger partial charge in [0.25, 0.3) is 11.8 Å². The van der Waals surface area contributed by atoms with E-state index in [2.05, 4.69) is 5.32 Å². The highest BCUT2D eigenvalue weighted by molar-refractivity contribution is 8.26. The molecule has 0 aromatic heterocycles. The zero-order valence-electron chi connectivity index (χ0n) is 17.3. The Morgan fingerprint density at radius 2 is 2.00 bits per heavy atom. The summed E-state index contributed by atoms with van der Waals surface area (Å²) < 4.78 is 11.1. The monoisotopic (exact) mass is 472 g/mol. The molecule has 2 amide bonds. The molecule has 10 heteroatoms. The number of benzene rings is 2. The number of carbonyl (C=O) groups excluding carboxylic acids is 2. The second kappa shape index (κ2) is 10.3. The predicted octanol–water partition coefficient (Wildman–Crippen LogP) is 3.31. The Bertz CT molecular complexity index is 1120. The molecule has 3 rings (SSSR count). The SMILES string of the molecule is COc1cc(/C=C2/SC(=S)N(CC(=O)O)C2=O)ccc1OCC(=O)Nc1cccc(C)c1. The number of amides is 2. The number of hydrogen-bond donors (Lipinski definition) is 2. The number of hydrogen-bond acceptors (Lipinski definition) is 7. The summed E-state index contributed by atoms with van der Waals surface area (Å²) in [4.78, 5) is 36.9. The van der Waals surface area contributed by atoms with E-state index in [1.807, 2.05) is 25.1 Å². The fraction of sp³-hybridized carbons (Fsp3) is 0.182. The molecule has 0 unspecified atom stereocenters. The van der Waals surface area contributed by atoms with E-state index in [-0.39, 0.29) is 16.8 Å². The number of carboxylic acid groups (broad SMARTS) is 1. The van der Waals surface area contributed by atoms with Crippen LogP contribution in [0.2, 0.25) is 0 Å². The van der Waals surface area contributed by atoms with Crippen molar-refractivity contribution in [3.8, 4) is 11.5 Å². The highest BCUT2D eigenvalue weighted by atomic mass is 32.2. The summed E-state index contributed by atoms with van der Waals surface area (Å²) in [5.41, 5.74) is 2.34. The van der Waals surface area contributed by atoms with Gasteiger partial charge in [0.2, 0.25) is 0 Å². The number of anilines is 1. The lowest BCUT2D eigenvalue weighted by atomic mass is 10.2. The van der Waals surface area contributed by atoms with Gasteiger partial charge in [-0.2, -0.15) is 0 Å². The standard InChI is InChI=1S/C22H20N2O6S2/c1-13-4-3-5-15(8-13)23-19(25)12-30-16-7-6-14(9-17(16)29-2)10-18-21(28)24(11-20(26)27)22(31)32-18/h3-10H,11-12H2,1-2H3,(H,23,25)(H,26,27)/b18-10+. The third-order valence-corrected chi connectivity index (χ3v) is 5.69. The number of methoxy groups -OCH3 is 1. The molecule has 0 aliphatic carbocycles. The minimum atomic E-state index is -1.14. The Morgan fingerprint density at radius 1 is 1.22 bits per heavy atom. The van der Waals surface area contributed by atoms with Crippen LogP contribution in [-0.4, -0.2) is 52.4 Å². The first-order valence-corrected chi connectivity index (χ1v) is 10.6. The van der Waals surface area contributed by atoms with Crippen molar-refractivity contribution in [2.24, 2.45) is 0 Å². The summed E-state index contributed by atoms with van der Waals surface area (Å²) in [6, 6.07) is 12.4. The lowest BCUT2D eigenvalue weighted by Gasteiger charge is -2.12. The largest absolute Gasteiger partial charge is 0.493 e. The van der Waals surface area contributed by atoms with Gasteiger partial charge < -0.3 is 19.9 Å². The van der Waals surface area contributed by atoms with Crippen molar-refractivity contribution in [3.05, 3.63) is 58.5 Å². The number of rotatable bonds is 8. The lowest BCUT2D eigenvalue weighted by molar-refractivity contribution is -0.140. The van der Waals surface area contributed by atoms with E-state index >= 15 is 0 Å². The Hall–Kier alpha value is -3.37. The number of carbonyl (C=O) groups is 3. The predicted molar refractivity (Wildman–Crippen MR) is 126 cm³/mol. The second-order valence-electron chi connectivity index (χ2n) is 6.78. The van der Waals surface area contributed by atoms with Crippen LogP contribution in [0.3, 0.4) is 0 Å². The maximum absolute atomic E-state index is 12.4. The topological polar surface area (TPSA) is 105 Å². The van der Waals surface area contributed by atoms with E-state index in [0.29, 0.717) is 27.7 Å². The Morgan fingerprint density at radius 3 is 2.69 bits per heavy atom. The number of nitrogens with one attached hydrogen (secondary N) is 1. The Labute approximate surface area is 194 Å². The van der Waals surface area contributed by atoms with Crippen LogP contribution in [0.15, 0.2) is 47.4 Å². The van der Waals surface area contributed by atoms with Crippen molar-refractivity contribution in [2.75, 3.05) is 25.6 Å². The maximum Gasteiger partial charge on any atom is 0.323 e. The van der Waals surface area contributed by atoms with Crippen molar-refractivity contribution in [1.82, 2.24) is 4.90 Å². The van der Waals surface area contributed by atoms with Gasteiger partial charge in [0.05, 0.1) is 12.0 Å². The molecular formula is C22H20N2O6S2. The van der Waals surface area contributed by atoms with Crippen molar-refractivity contribution >= 4 is 57.8 Å². The highest BCUT2D eigenvalue weighted by Crippen LogP contribution is 2.34. The zero-order chi connectivity index (χ0) is 23.3. The number of thiocarbonyl (C=S) groups is 1. The fourth-order valence-corrected chi connectivity index (χ4v) is 4.13. The van der Waals surface area contributed by atoms with Crippen LogP contribution in [0.1, 0.15) is 11.1 Å². The molecular weight excluding hydrogens is 452 g/mol. The minimum absolute atomic E-state index is 0.190. The lowest BCUT2D eigenvalue weighted by Crippen LogP contribution is -2.33.